The summed E-state index contributed by atoms with van der Waals surface area (Å²) in [7, 11) is 0. The molecule has 1 aromatic carbocycles. The van der Waals surface area contributed by atoms with Crippen molar-refractivity contribution in [2.24, 2.45) is 11.3 Å². The summed E-state index contributed by atoms with van der Waals surface area (Å²) in [5.74, 6) is 1.61. The molecule has 1 saturated carbocycles. The fraction of sp³-hybridized carbons (Fsp3) is 0.519. The molecule has 2 unspecified atom stereocenters. The van der Waals surface area contributed by atoms with E-state index in [1.54, 1.807) is 0 Å². The number of aromatic amines is 1. The van der Waals surface area contributed by atoms with Crippen LogP contribution in [0.15, 0.2) is 41.5 Å². The molecule has 0 amide bonds. The van der Waals surface area contributed by atoms with Crippen LogP contribution in [-0.2, 0) is 6.54 Å². The Bertz CT molecular complexity index is 1050. The first-order valence-corrected chi connectivity index (χ1v) is 14.8. The summed E-state index contributed by atoms with van der Waals surface area (Å²) in [5.41, 5.74) is 5.73. The van der Waals surface area contributed by atoms with Crippen molar-refractivity contribution in [3.63, 3.8) is 0 Å². The van der Waals surface area contributed by atoms with Crippen molar-refractivity contribution < 1.29 is 4.39 Å². The van der Waals surface area contributed by atoms with E-state index in [0.717, 1.165) is 36.9 Å². The number of rotatable bonds is 7. The number of anilines is 2. The van der Waals surface area contributed by atoms with Gasteiger partial charge < -0.3 is 0 Å². The predicted molar refractivity (Wildman–Crippen MR) is 137 cm³/mol. The number of nitrogens with one attached hydrogen (secondary N) is 3. The van der Waals surface area contributed by atoms with Crippen molar-refractivity contribution in [3.05, 3.63) is 58.6 Å². The van der Waals surface area contributed by atoms with E-state index in [9.17, 15) is 4.39 Å². The molecule has 0 saturated heterocycles. The molecule has 2 atom stereocenters. The number of halogens is 1. The van der Waals surface area contributed by atoms with E-state index < -0.39 is 21.9 Å². The van der Waals surface area contributed by atoms with E-state index >= 15 is 0 Å². The summed E-state index contributed by atoms with van der Waals surface area (Å²) in [5, 5.41) is 10.9. The molecular weight excluding hydrogens is 521 g/mol. The van der Waals surface area contributed by atoms with E-state index in [0.29, 0.717) is 29.9 Å². The molecule has 1 aliphatic heterocycles. The van der Waals surface area contributed by atoms with Gasteiger partial charge in [0.25, 0.3) is 0 Å². The third-order valence-electron chi connectivity index (χ3n) is 7.00. The number of benzene rings is 1. The Morgan fingerprint density at radius 3 is 2.82 bits per heavy atom. The van der Waals surface area contributed by atoms with Crippen LogP contribution < -0.4 is 12.3 Å². The fourth-order valence-corrected chi connectivity index (χ4v) is 7.61. The topological polar surface area (TPSA) is 52.7 Å². The predicted octanol–water partition coefficient (Wildman–Crippen LogP) is 6.24. The molecule has 1 aliphatic carbocycles. The Morgan fingerprint density at radius 2 is 2.09 bits per heavy atom. The summed E-state index contributed by atoms with van der Waals surface area (Å²) in [6.07, 6.45) is 10.5. The number of allylic oxidation sites excluding steroid dienone is 4. The molecule has 4 rings (SSSR count). The van der Waals surface area contributed by atoms with E-state index in [1.165, 1.54) is 21.1 Å². The molecule has 6 heteroatoms. The zero-order valence-corrected chi connectivity index (χ0v) is 23.1. The van der Waals surface area contributed by atoms with Crippen molar-refractivity contribution in [1.29, 1.82) is 0 Å². The van der Waals surface area contributed by atoms with Gasteiger partial charge in [-0.05, 0) is 18.3 Å². The Morgan fingerprint density at radius 1 is 1.27 bits per heavy atom. The molecule has 4 nitrogen and oxygen atoms in total. The zero-order valence-electron chi connectivity index (χ0n) is 20.6. The number of H-pyrrole nitrogens is 1. The van der Waals surface area contributed by atoms with Crippen molar-refractivity contribution in [3.8, 4) is 0 Å². The van der Waals surface area contributed by atoms with Crippen LogP contribution in [0.2, 0.25) is 0 Å². The van der Waals surface area contributed by atoms with E-state index in [2.05, 4.69) is 77.9 Å². The van der Waals surface area contributed by atoms with Crippen molar-refractivity contribution in [2.45, 2.75) is 79.2 Å². The van der Waals surface area contributed by atoms with Gasteiger partial charge in [-0.15, -0.1) is 0 Å². The number of aromatic nitrogens is 2. The summed E-state index contributed by atoms with van der Waals surface area (Å²) in [6.45, 7) is 12.1. The van der Waals surface area contributed by atoms with Crippen molar-refractivity contribution >= 4 is 36.9 Å². The minimum absolute atomic E-state index is 0.134. The molecule has 3 N–H and O–H groups in total. The van der Waals surface area contributed by atoms with Crippen LogP contribution in [0.25, 0.3) is 0 Å². The van der Waals surface area contributed by atoms with Crippen molar-refractivity contribution in [2.75, 3.05) is 5.32 Å². The van der Waals surface area contributed by atoms with Gasteiger partial charge in [-0.25, -0.2) is 0 Å². The number of hydrogen-bond donors (Lipinski definition) is 3. The van der Waals surface area contributed by atoms with E-state index in [4.69, 9.17) is 0 Å². The van der Waals surface area contributed by atoms with Gasteiger partial charge in [-0.2, -0.15) is 0 Å². The molecule has 0 bridgehead atoms. The molecule has 1 aromatic heterocycles. The van der Waals surface area contributed by atoms with Crippen molar-refractivity contribution in [1.82, 2.24) is 13.7 Å². The SMILES string of the molecule is CC/C=C(/C=C(\CC)C(C)(C)C)C1CCC(c2cc(Nc3cc[c]4c(c3F)C[NH][Sb]4)n[nH]2)C1. The fourth-order valence-electron chi connectivity index (χ4n) is 5.13. The molecule has 2 aliphatic rings. The maximum absolute atomic E-state index is 14.9. The number of hydrogen-bond acceptors (Lipinski definition) is 3. The number of fused-ring (bicyclic) bond motifs is 1. The third-order valence-corrected chi connectivity index (χ3v) is 9.79. The summed E-state index contributed by atoms with van der Waals surface area (Å²) < 4.78 is 19.4. The first-order valence-electron chi connectivity index (χ1n) is 12.3. The molecule has 1 radical (unpaired) electrons. The average Bonchev–Trinajstić information content (AvgIpc) is 3.52. The number of nitrogens with zero attached hydrogens (tertiary/aromatic N) is 1. The van der Waals surface area contributed by atoms with Crippen LogP contribution in [0, 0.1) is 17.2 Å². The van der Waals surface area contributed by atoms with Gasteiger partial charge in [0, 0.05) is 0 Å². The maximum atomic E-state index is 14.9. The Kier molecular flexibility index (Phi) is 7.70. The van der Waals surface area contributed by atoms with Gasteiger partial charge in [-0.3, -0.25) is 0 Å². The molecule has 33 heavy (non-hydrogen) atoms. The second-order valence-electron chi connectivity index (χ2n) is 10.3. The van der Waals surface area contributed by atoms with E-state index in [1.807, 2.05) is 6.07 Å². The molecule has 0 spiro atoms. The molecule has 1 fully saturated rings. The van der Waals surface area contributed by atoms with Crippen LogP contribution in [0.3, 0.4) is 0 Å². The van der Waals surface area contributed by atoms with Gasteiger partial charge in [0.05, 0.1) is 0 Å². The van der Waals surface area contributed by atoms with Crippen LogP contribution in [0.5, 0.6) is 0 Å². The molecular formula is C27H37FN4Sb. The van der Waals surface area contributed by atoms with Crippen LogP contribution in [-0.4, -0.2) is 32.1 Å². The first-order chi connectivity index (χ1) is 15.8. The van der Waals surface area contributed by atoms with Gasteiger partial charge in [0.15, 0.2) is 0 Å². The molecule has 177 valence electrons. The van der Waals surface area contributed by atoms with Gasteiger partial charge in [0.1, 0.15) is 0 Å². The molecule has 2 heterocycles. The normalized spacial score (nSPS) is 21.5. The minimum atomic E-state index is -0.603. The molecule has 2 aromatic rings. The quantitative estimate of drug-likeness (QED) is 0.279. The monoisotopic (exact) mass is 557 g/mol. The third kappa shape index (κ3) is 5.57. The van der Waals surface area contributed by atoms with E-state index in [-0.39, 0.29) is 11.2 Å². The van der Waals surface area contributed by atoms with Crippen LogP contribution in [0.4, 0.5) is 15.9 Å². The van der Waals surface area contributed by atoms with Crippen LogP contribution >= 0.6 is 0 Å². The summed E-state index contributed by atoms with van der Waals surface area (Å²) in [6, 6.07) is 5.98. The second-order valence-corrected chi connectivity index (χ2v) is 13.2. The average molecular weight is 558 g/mol. The Balaban J connectivity index is 1.46. The van der Waals surface area contributed by atoms with Gasteiger partial charge >= 0.3 is 139 Å². The standard InChI is InChI=1S/C27H37FN4.Sb/c1-6-9-18(15-22(7-2)27(3,4)5)19-12-13-20(14-19)24-16-25(32-31-24)30-23-11-8-10-21(17-29)26(23)28;/h8-9,11,15-16,19-20,29H,6-7,12-14,17H2,1-5H3,(H2,30,31,32);/q-1;+1/b18-9-,22-15+;. The van der Waals surface area contributed by atoms with Gasteiger partial charge in [0.2, 0.25) is 0 Å². The first kappa shape index (κ1) is 24.5. The Hall–Kier alpha value is -1.58. The summed E-state index contributed by atoms with van der Waals surface area (Å²) in [4.78, 5) is 0. The second kappa shape index (κ2) is 10.4. The zero-order chi connectivity index (χ0) is 23.6. The van der Waals surface area contributed by atoms with Gasteiger partial charge in [-0.1, -0.05) is 52.3 Å². The summed E-state index contributed by atoms with van der Waals surface area (Å²) >= 11 is -0.603. The Labute approximate surface area is 208 Å². The van der Waals surface area contributed by atoms with Crippen LogP contribution in [0.1, 0.15) is 83.9 Å².